The molecule has 0 N–H and O–H groups in total. The largest absolute Gasteiger partial charge is 0.228 e. The van der Waals surface area contributed by atoms with Crippen LogP contribution in [-0.2, 0) is 0 Å². The predicted octanol–water partition coefficient (Wildman–Crippen LogP) is 8.55. The highest BCUT2D eigenvalue weighted by molar-refractivity contribution is 9.10. The quantitative estimate of drug-likeness (QED) is 0.250. The van der Waals surface area contributed by atoms with E-state index in [1.807, 2.05) is 12.1 Å². The van der Waals surface area contributed by atoms with Gasteiger partial charge < -0.3 is 0 Å². The van der Waals surface area contributed by atoms with Crippen molar-refractivity contribution in [2.45, 2.75) is 0 Å². The average Bonchev–Trinajstić information content (AvgIpc) is 2.88. The zero-order chi connectivity index (χ0) is 22.2. The second-order valence-electron chi connectivity index (χ2n) is 8.03. The fraction of sp³-hybridized carbons (Fsp3) is 0. The van der Waals surface area contributed by atoms with Gasteiger partial charge in [0.1, 0.15) is 0 Å². The summed E-state index contributed by atoms with van der Waals surface area (Å²) in [6.07, 6.45) is 0. The van der Waals surface area contributed by atoms with E-state index >= 15 is 0 Å². The zero-order valence-corrected chi connectivity index (χ0v) is 19.3. The number of nitrogens with zero attached hydrogens (tertiary/aromatic N) is 2. The Morgan fingerprint density at radius 2 is 1.00 bits per heavy atom. The van der Waals surface area contributed by atoms with E-state index in [1.165, 1.54) is 21.5 Å². The molecule has 0 bridgehead atoms. The molecule has 0 aliphatic rings. The van der Waals surface area contributed by atoms with Crippen molar-refractivity contribution in [2.75, 3.05) is 0 Å². The highest BCUT2D eigenvalue weighted by atomic mass is 79.9. The molecule has 5 aromatic carbocycles. The van der Waals surface area contributed by atoms with Gasteiger partial charge >= 0.3 is 0 Å². The van der Waals surface area contributed by atoms with Gasteiger partial charge in [-0.15, -0.1) is 0 Å². The van der Waals surface area contributed by atoms with Crippen LogP contribution in [0.1, 0.15) is 0 Å². The fourth-order valence-electron chi connectivity index (χ4n) is 4.38. The van der Waals surface area contributed by atoms with Gasteiger partial charge in [-0.25, -0.2) is 9.97 Å². The molecule has 0 atom stereocenters. The smallest absolute Gasteiger partial charge is 0.160 e. The van der Waals surface area contributed by atoms with Crippen LogP contribution in [0.25, 0.3) is 55.4 Å². The van der Waals surface area contributed by atoms with Crippen LogP contribution in [0.15, 0.2) is 120 Å². The number of aromatic nitrogens is 2. The summed E-state index contributed by atoms with van der Waals surface area (Å²) in [7, 11) is 0. The summed E-state index contributed by atoms with van der Waals surface area (Å²) in [5.41, 5.74) is 5.02. The first-order valence-electron chi connectivity index (χ1n) is 10.9. The molecule has 1 aromatic heterocycles. The highest BCUT2D eigenvalue weighted by Gasteiger charge is 2.14. The second kappa shape index (κ2) is 8.27. The Morgan fingerprint density at radius 1 is 0.485 bits per heavy atom. The number of halogens is 1. The molecular weight excluding hydrogens is 468 g/mol. The lowest BCUT2D eigenvalue weighted by atomic mass is 9.98. The minimum atomic E-state index is 0.713. The Hall–Kier alpha value is -3.82. The summed E-state index contributed by atoms with van der Waals surface area (Å²) < 4.78 is 1.01. The van der Waals surface area contributed by atoms with Gasteiger partial charge in [0.2, 0.25) is 0 Å². The van der Waals surface area contributed by atoms with E-state index in [2.05, 4.69) is 119 Å². The van der Waals surface area contributed by atoms with Gasteiger partial charge in [0, 0.05) is 21.2 Å². The van der Waals surface area contributed by atoms with Gasteiger partial charge in [-0.05, 0) is 39.7 Å². The highest BCUT2D eigenvalue weighted by Crippen LogP contribution is 2.34. The van der Waals surface area contributed by atoms with Crippen molar-refractivity contribution >= 4 is 37.5 Å². The normalized spacial score (nSPS) is 11.2. The van der Waals surface area contributed by atoms with E-state index in [0.29, 0.717) is 5.82 Å². The number of rotatable bonds is 3. The topological polar surface area (TPSA) is 25.8 Å². The van der Waals surface area contributed by atoms with Gasteiger partial charge in [-0.1, -0.05) is 113 Å². The van der Waals surface area contributed by atoms with E-state index in [-0.39, 0.29) is 0 Å². The third-order valence-corrected chi connectivity index (χ3v) is 6.43. The molecule has 2 nitrogen and oxygen atoms in total. The van der Waals surface area contributed by atoms with Crippen LogP contribution in [0.2, 0.25) is 0 Å². The molecule has 0 aliphatic carbocycles. The van der Waals surface area contributed by atoms with E-state index in [1.54, 1.807) is 0 Å². The summed E-state index contributed by atoms with van der Waals surface area (Å²) in [5, 5.41) is 4.76. The number of hydrogen-bond acceptors (Lipinski definition) is 2. The van der Waals surface area contributed by atoms with Crippen LogP contribution in [0, 0.1) is 0 Å². The molecular formula is C30H19BrN2. The Bertz CT molecular complexity index is 1530. The Kier molecular flexibility index (Phi) is 4.97. The van der Waals surface area contributed by atoms with E-state index in [9.17, 15) is 0 Å². The maximum Gasteiger partial charge on any atom is 0.160 e. The predicted molar refractivity (Wildman–Crippen MR) is 141 cm³/mol. The molecule has 6 aromatic rings. The van der Waals surface area contributed by atoms with Crippen molar-refractivity contribution in [3.05, 3.63) is 120 Å². The fourth-order valence-corrected chi connectivity index (χ4v) is 4.78. The van der Waals surface area contributed by atoms with Crippen molar-refractivity contribution in [3.8, 4) is 33.9 Å². The van der Waals surface area contributed by atoms with E-state index in [4.69, 9.17) is 9.97 Å². The average molecular weight is 487 g/mol. The van der Waals surface area contributed by atoms with Gasteiger partial charge in [-0.2, -0.15) is 0 Å². The van der Waals surface area contributed by atoms with Gasteiger partial charge in [0.15, 0.2) is 5.82 Å². The first-order valence-corrected chi connectivity index (χ1v) is 11.7. The van der Waals surface area contributed by atoms with Crippen LogP contribution < -0.4 is 0 Å². The summed E-state index contributed by atoms with van der Waals surface area (Å²) in [6.45, 7) is 0. The minimum absolute atomic E-state index is 0.713. The molecule has 0 amide bonds. The third-order valence-electron chi connectivity index (χ3n) is 5.94. The molecule has 0 fully saturated rings. The van der Waals surface area contributed by atoms with Crippen LogP contribution in [0.5, 0.6) is 0 Å². The molecule has 6 rings (SSSR count). The SMILES string of the molecule is Brc1cccc(-c2nc(-c3cccc4ccccc34)cc(-c3cccc4ccccc34)n2)c1. The van der Waals surface area contributed by atoms with Gasteiger partial charge in [-0.3, -0.25) is 0 Å². The van der Waals surface area contributed by atoms with Crippen LogP contribution in [-0.4, -0.2) is 9.97 Å². The monoisotopic (exact) mass is 486 g/mol. The van der Waals surface area contributed by atoms with Crippen molar-refractivity contribution in [1.29, 1.82) is 0 Å². The number of hydrogen-bond donors (Lipinski definition) is 0. The molecule has 156 valence electrons. The van der Waals surface area contributed by atoms with E-state index < -0.39 is 0 Å². The minimum Gasteiger partial charge on any atom is -0.228 e. The zero-order valence-electron chi connectivity index (χ0n) is 17.7. The summed E-state index contributed by atoms with van der Waals surface area (Å²) in [4.78, 5) is 10.1. The molecule has 0 unspecified atom stereocenters. The third kappa shape index (κ3) is 3.71. The Morgan fingerprint density at radius 3 is 1.58 bits per heavy atom. The maximum atomic E-state index is 5.04. The Balaban J connectivity index is 1.66. The number of fused-ring (bicyclic) bond motifs is 2. The van der Waals surface area contributed by atoms with Gasteiger partial charge in [0.25, 0.3) is 0 Å². The number of benzene rings is 5. The van der Waals surface area contributed by atoms with Crippen LogP contribution in [0.3, 0.4) is 0 Å². The maximum absolute atomic E-state index is 5.04. The lowest BCUT2D eigenvalue weighted by Gasteiger charge is -2.12. The molecule has 0 aliphatic heterocycles. The molecule has 0 radical (unpaired) electrons. The molecule has 0 spiro atoms. The van der Waals surface area contributed by atoms with Crippen molar-refractivity contribution in [2.24, 2.45) is 0 Å². The van der Waals surface area contributed by atoms with Crippen LogP contribution in [0.4, 0.5) is 0 Å². The lowest BCUT2D eigenvalue weighted by molar-refractivity contribution is 1.19. The van der Waals surface area contributed by atoms with Crippen molar-refractivity contribution < 1.29 is 0 Å². The molecule has 1 heterocycles. The molecule has 33 heavy (non-hydrogen) atoms. The second-order valence-corrected chi connectivity index (χ2v) is 8.94. The standard InChI is InChI=1S/C30H19BrN2/c31-23-13-5-12-22(18-23)30-32-28(26-16-6-10-20-8-1-3-14-24(20)26)19-29(33-30)27-17-7-11-21-9-2-4-15-25(21)27/h1-19H. The first kappa shape index (κ1) is 19.8. The van der Waals surface area contributed by atoms with E-state index in [0.717, 1.165) is 32.6 Å². The molecule has 0 saturated heterocycles. The lowest BCUT2D eigenvalue weighted by Crippen LogP contribution is -1.97. The Labute approximate surface area is 200 Å². The molecule has 0 saturated carbocycles. The molecule has 3 heteroatoms. The summed E-state index contributed by atoms with van der Waals surface area (Å²) >= 11 is 3.60. The van der Waals surface area contributed by atoms with Crippen molar-refractivity contribution in [3.63, 3.8) is 0 Å². The van der Waals surface area contributed by atoms with Crippen molar-refractivity contribution in [1.82, 2.24) is 9.97 Å². The summed E-state index contributed by atoms with van der Waals surface area (Å²) in [5.74, 6) is 0.713. The summed E-state index contributed by atoms with van der Waals surface area (Å²) in [6, 6.07) is 39.9. The van der Waals surface area contributed by atoms with Gasteiger partial charge in [0.05, 0.1) is 11.4 Å². The first-order chi connectivity index (χ1) is 16.3. The van der Waals surface area contributed by atoms with Crippen LogP contribution >= 0.6 is 15.9 Å².